The lowest BCUT2D eigenvalue weighted by Gasteiger charge is -2.31. The molecule has 2 amide bonds. The van der Waals surface area contributed by atoms with Crippen molar-refractivity contribution in [2.45, 2.75) is 75.8 Å². The number of halogens is 2. The molecule has 0 unspecified atom stereocenters. The summed E-state index contributed by atoms with van der Waals surface area (Å²) in [6.45, 7) is 4.03. The smallest absolute Gasteiger partial charge is 0.408 e. The number of carbonyl (C=O) groups excluding carboxylic acids is 2. The van der Waals surface area contributed by atoms with E-state index in [1.54, 1.807) is 31.6 Å². The Morgan fingerprint density at radius 2 is 1.85 bits per heavy atom. The fourth-order valence-corrected chi connectivity index (χ4v) is 4.84. The number of alkyl carbamates (subject to hydrolysis) is 1. The summed E-state index contributed by atoms with van der Waals surface area (Å²) in [6.07, 6.45) is 0.727. The third-order valence-electron chi connectivity index (χ3n) is 5.16. The first-order chi connectivity index (χ1) is 15.8. The van der Waals surface area contributed by atoms with E-state index in [9.17, 15) is 32.0 Å². The zero-order valence-electron chi connectivity index (χ0n) is 19.4. The third kappa shape index (κ3) is 8.22. The molecule has 0 bridgehead atoms. The van der Waals surface area contributed by atoms with Crippen LogP contribution in [0.15, 0.2) is 23.1 Å². The Balaban J connectivity index is 2.23. The molecule has 12 heteroatoms. The SMILES string of the molecule is CC(C)(C)OC(=O)N[C@H](C(=O)Nc1ccc(S(=O)(=O)NCC(F)F)c(C#N)c1)C1CCCCC1. The molecule has 0 aliphatic heterocycles. The fourth-order valence-electron chi connectivity index (χ4n) is 3.70. The van der Waals surface area contributed by atoms with Gasteiger partial charge in [-0.15, -0.1) is 0 Å². The van der Waals surface area contributed by atoms with Crippen LogP contribution in [0, 0.1) is 17.2 Å². The molecule has 0 heterocycles. The predicted molar refractivity (Wildman–Crippen MR) is 121 cm³/mol. The second kappa shape index (κ2) is 11.6. The van der Waals surface area contributed by atoms with Crippen molar-refractivity contribution in [3.8, 4) is 6.07 Å². The molecule has 0 saturated heterocycles. The van der Waals surface area contributed by atoms with E-state index in [1.165, 1.54) is 6.07 Å². The van der Waals surface area contributed by atoms with Crippen molar-refractivity contribution >= 4 is 27.7 Å². The van der Waals surface area contributed by atoms with Crippen molar-refractivity contribution in [2.24, 2.45) is 5.92 Å². The standard InChI is InChI=1S/C22H30F2N4O5S/c1-22(2,3)33-21(30)28-19(14-7-5-4-6-8-14)20(29)27-16-9-10-17(15(11-16)12-25)34(31,32)26-13-18(23)24/h9-11,14,18-19,26H,4-8,13H2,1-3H3,(H,27,29)(H,28,30)/t19-/m0/s1. The van der Waals surface area contributed by atoms with Crippen LogP contribution in [0.2, 0.25) is 0 Å². The number of anilines is 1. The molecule has 0 spiro atoms. The highest BCUT2D eigenvalue weighted by atomic mass is 32.2. The number of nitriles is 1. The molecule has 34 heavy (non-hydrogen) atoms. The van der Waals surface area contributed by atoms with Crippen LogP contribution in [0.1, 0.15) is 58.4 Å². The molecule has 1 aromatic carbocycles. The summed E-state index contributed by atoms with van der Waals surface area (Å²) >= 11 is 0. The van der Waals surface area contributed by atoms with E-state index in [1.807, 2.05) is 0 Å². The van der Waals surface area contributed by atoms with Gasteiger partial charge in [0.1, 0.15) is 17.7 Å². The molecular formula is C22H30F2N4O5S. The monoisotopic (exact) mass is 500 g/mol. The number of hydrogen-bond acceptors (Lipinski definition) is 6. The zero-order valence-corrected chi connectivity index (χ0v) is 20.2. The number of nitrogens with one attached hydrogen (secondary N) is 3. The molecule has 1 aliphatic rings. The number of alkyl halides is 2. The molecule has 188 valence electrons. The van der Waals surface area contributed by atoms with Crippen LogP contribution in [-0.2, 0) is 19.6 Å². The van der Waals surface area contributed by atoms with E-state index >= 15 is 0 Å². The van der Waals surface area contributed by atoms with E-state index in [0.29, 0.717) is 0 Å². The first-order valence-corrected chi connectivity index (χ1v) is 12.4. The normalized spacial score (nSPS) is 15.9. The lowest BCUT2D eigenvalue weighted by Crippen LogP contribution is -2.50. The van der Waals surface area contributed by atoms with E-state index < -0.39 is 51.5 Å². The first kappa shape index (κ1) is 27.5. The van der Waals surface area contributed by atoms with Gasteiger partial charge in [-0.1, -0.05) is 19.3 Å². The summed E-state index contributed by atoms with van der Waals surface area (Å²) in [5, 5.41) is 14.6. The van der Waals surface area contributed by atoms with Gasteiger partial charge in [-0.05, 0) is 57.7 Å². The number of benzene rings is 1. The number of hydrogen-bond donors (Lipinski definition) is 3. The fraction of sp³-hybridized carbons (Fsp3) is 0.591. The number of ether oxygens (including phenoxy) is 1. The lowest BCUT2D eigenvalue weighted by molar-refractivity contribution is -0.119. The quantitative estimate of drug-likeness (QED) is 0.499. The summed E-state index contributed by atoms with van der Waals surface area (Å²) in [5.41, 5.74) is -0.950. The third-order valence-corrected chi connectivity index (χ3v) is 6.64. The van der Waals surface area contributed by atoms with Crippen LogP contribution in [0.3, 0.4) is 0 Å². The molecule has 1 saturated carbocycles. The highest BCUT2D eigenvalue weighted by Gasteiger charge is 2.33. The largest absolute Gasteiger partial charge is 0.444 e. The van der Waals surface area contributed by atoms with Crippen LogP contribution < -0.4 is 15.4 Å². The summed E-state index contributed by atoms with van der Waals surface area (Å²) in [4.78, 5) is 25.0. The number of carbonyl (C=O) groups is 2. The molecule has 2 rings (SSSR count). The Kier molecular flexibility index (Phi) is 9.35. The van der Waals surface area contributed by atoms with Gasteiger partial charge in [0.25, 0.3) is 6.43 Å². The Hall–Kier alpha value is -2.78. The van der Waals surface area contributed by atoms with Gasteiger partial charge >= 0.3 is 6.09 Å². The maximum absolute atomic E-state index is 13.1. The number of sulfonamides is 1. The van der Waals surface area contributed by atoms with Crippen molar-refractivity contribution in [2.75, 3.05) is 11.9 Å². The first-order valence-electron chi connectivity index (χ1n) is 10.9. The molecule has 9 nitrogen and oxygen atoms in total. The van der Waals surface area contributed by atoms with Gasteiger partial charge in [0.15, 0.2) is 0 Å². The number of nitrogens with zero attached hydrogens (tertiary/aromatic N) is 1. The molecule has 0 aromatic heterocycles. The van der Waals surface area contributed by atoms with Gasteiger partial charge in [-0.25, -0.2) is 26.7 Å². The topological polar surface area (TPSA) is 137 Å². The summed E-state index contributed by atoms with van der Waals surface area (Å²) in [5.74, 6) is -0.650. The molecular weight excluding hydrogens is 470 g/mol. The van der Waals surface area contributed by atoms with Crippen molar-refractivity contribution in [3.63, 3.8) is 0 Å². The van der Waals surface area contributed by atoms with E-state index in [2.05, 4.69) is 10.6 Å². The minimum atomic E-state index is -4.35. The van der Waals surface area contributed by atoms with E-state index in [4.69, 9.17) is 4.74 Å². The summed E-state index contributed by atoms with van der Waals surface area (Å²) < 4.78 is 56.3. The van der Waals surface area contributed by atoms with Crippen LogP contribution in [-0.4, -0.2) is 45.0 Å². The van der Waals surface area contributed by atoms with Crippen LogP contribution in [0.5, 0.6) is 0 Å². The maximum atomic E-state index is 13.1. The maximum Gasteiger partial charge on any atom is 0.408 e. The van der Waals surface area contributed by atoms with Gasteiger partial charge in [-0.2, -0.15) is 5.26 Å². The Morgan fingerprint density at radius 3 is 2.41 bits per heavy atom. The van der Waals surface area contributed by atoms with Gasteiger partial charge in [0.05, 0.1) is 17.0 Å². The highest BCUT2D eigenvalue weighted by molar-refractivity contribution is 7.89. The van der Waals surface area contributed by atoms with Gasteiger partial charge in [0, 0.05) is 5.69 Å². The Bertz CT molecular complexity index is 1030. The molecule has 0 radical (unpaired) electrons. The molecule has 3 N–H and O–H groups in total. The summed E-state index contributed by atoms with van der Waals surface area (Å²) in [6, 6.07) is 4.26. The number of rotatable bonds is 8. The van der Waals surface area contributed by atoms with Crippen molar-refractivity contribution in [1.29, 1.82) is 5.26 Å². The van der Waals surface area contributed by atoms with Crippen molar-refractivity contribution < 1.29 is 31.5 Å². The van der Waals surface area contributed by atoms with Crippen molar-refractivity contribution in [3.05, 3.63) is 23.8 Å². The average Bonchev–Trinajstić information content (AvgIpc) is 2.75. The second-order valence-corrected chi connectivity index (χ2v) is 10.8. The van der Waals surface area contributed by atoms with Gasteiger partial charge < -0.3 is 15.4 Å². The lowest BCUT2D eigenvalue weighted by atomic mass is 9.83. The Labute approximate surface area is 198 Å². The molecule has 1 aliphatic carbocycles. The average molecular weight is 501 g/mol. The second-order valence-electron chi connectivity index (χ2n) is 9.08. The minimum absolute atomic E-state index is 0.116. The van der Waals surface area contributed by atoms with Gasteiger partial charge in [-0.3, -0.25) is 4.79 Å². The minimum Gasteiger partial charge on any atom is -0.444 e. The predicted octanol–water partition coefficient (Wildman–Crippen LogP) is 3.51. The molecule has 1 atom stereocenters. The van der Waals surface area contributed by atoms with E-state index in [-0.39, 0.29) is 17.2 Å². The number of amides is 2. The molecule has 1 aromatic rings. The highest BCUT2D eigenvalue weighted by Crippen LogP contribution is 2.28. The summed E-state index contributed by atoms with van der Waals surface area (Å²) in [7, 11) is -4.35. The zero-order chi connectivity index (χ0) is 25.5. The van der Waals surface area contributed by atoms with E-state index in [0.717, 1.165) is 44.2 Å². The van der Waals surface area contributed by atoms with Crippen LogP contribution in [0.4, 0.5) is 19.3 Å². The van der Waals surface area contributed by atoms with Crippen molar-refractivity contribution in [1.82, 2.24) is 10.0 Å². The van der Waals surface area contributed by atoms with Crippen LogP contribution in [0.25, 0.3) is 0 Å². The van der Waals surface area contributed by atoms with Crippen LogP contribution >= 0.6 is 0 Å². The Morgan fingerprint density at radius 1 is 1.21 bits per heavy atom. The van der Waals surface area contributed by atoms with Gasteiger partial charge in [0.2, 0.25) is 15.9 Å². The molecule has 1 fully saturated rings.